The lowest BCUT2D eigenvalue weighted by Gasteiger charge is -2.25. The lowest BCUT2D eigenvalue weighted by Crippen LogP contribution is -2.36. The Morgan fingerprint density at radius 2 is 2.00 bits per heavy atom. The quantitative estimate of drug-likeness (QED) is 0.817. The van der Waals surface area contributed by atoms with Gasteiger partial charge in [0.25, 0.3) is 0 Å². The molecule has 3 heterocycles. The Balaban J connectivity index is 1.38. The van der Waals surface area contributed by atoms with Crippen LogP contribution in [0.1, 0.15) is 33.6 Å². The second-order valence-corrected chi connectivity index (χ2v) is 9.50. The molecule has 0 radical (unpaired) electrons. The van der Waals surface area contributed by atoms with E-state index in [0.29, 0.717) is 23.0 Å². The van der Waals surface area contributed by atoms with Gasteiger partial charge in [-0.25, -0.2) is 4.79 Å². The van der Waals surface area contributed by atoms with Crippen molar-refractivity contribution in [2.75, 3.05) is 18.4 Å². The number of amides is 1. The summed E-state index contributed by atoms with van der Waals surface area (Å²) < 4.78 is 6.56. The molecule has 1 aliphatic carbocycles. The fourth-order valence-corrected chi connectivity index (χ4v) is 5.12. The third kappa shape index (κ3) is 3.47. The molecule has 26 heavy (non-hydrogen) atoms. The highest BCUT2D eigenvalue weighted by Gasteiger charge is 2.43. The number of carbonyl (C=O) groups is 1. The van der Waals surface area contributed by atoms with E-state index in [1.807, 2.05) is 37.1 Å². The maximum atomic E-state index is 12.3. The van der Waals surface area contributed by atoms with Crippen molar-refractivity contribution in [3.05, 3.63) is 16.6 Å². The Morgan fingerprint density at radius 3 is 2.65 bits per heavy atom. The van der Waals surface area contributed by atoms with E-state index in [1.165, 1.54) is 0 Å². The Labute approximate surface area is 161 Å². The highest BCUT2D eigenvalue weighted by Crippen LogP contribution is 2.40. The molecule has 1 N–H and O–H groups in total. The van der Waals surface area contributed by atoms with Crippen molar-refractivity contribution in [3.63, 3.8) is 0 Å². The highest BCUT2D eigenvalue weighted by molar-refractivity contribution is 7.17. The molecular weight excluding hydrogens is 372 g/mol. The largest absolute Gasteiger partial charge is 0.444 e. The molecule has 140 valence electrons. The Kier molecular flexibility index (Phi) is 4.47. The molecule has 6 nitrogen and oxygen atoms in total. The van der Waals surface area contributed by atoms with Gasteiger partial charge in [0.1, 0.15) is 5.60 Å². The summed E-state index contributed by atoms with van der Waals surface area (Å²) in [5.41, 5.74) is -0.446. The van der Waals surface area contributed by atoms with Gasteiger partial charge in [0.15, 0.2) is 11.0 Å². The summed E-state index contributed by atoms with van der Waals surface area (Å²) in [5, 5.41) is 15.3. The molecule has 4 rings (SSSR count). The molecule has 2 aromatic heterocycles. The molecule has 1 saturated carbocycles. The summed E-state index contributed by atoms with van der Waals surface area (Å²) in [6.07, 6.45) is 1.86. The zero-order valence-corrected chi connectivity index (χ0v) is 16.7. The van der Waals surface area contributed by atoms with Crippen molar-refractivity contribution in [3.8, 4) is 0 Å². The van der Waals surface area contributed by atoms with Crippen LogP contribution in [0.4, 0.5) is 10.6 Å². The number of ether oxygens (including phenoxy) is 1. The van der Waals surface area contributed by atoms with E-state index in [0.717, 1.165) is 41.8 Å². The predicted octanol–water partition coefficient (Wildman–Crippen LogP) is 4.40. The fraction of sp³-hybridized carbons (Fsp3) is 0.611. The number of carbonyl (C=O) groups excluding carboxylic acids is 1. The van der Waals surface area contributed by atoms with E-state index >= 15 is 0 Å². The number of anilines is 1. The van der Waals surface area contributed by atoms with Crippen molar-refractivity contribution in [1.29, 1.82) is 0 Å². The van der Waals surface area contributed by atoms with Gasteiger partial charge in [0, 0.05) is 24.5 Å². The van der Waals surface area contributed by atoms with E-state index in [4.69, 9.17) is 16.3 Å². The van der Waals surface area contributed by atoms with E-state index in [1.54, 1.807) is 11.3 Å². The van der Waals surface area contributed by atoms with Crippen LogP contribution in [0.15, 0.2) is 11.4 Å². The first-order valence-corrected chi connectivity index (χ1v) is 10.2. The van der Waals surface area contributed by atoms with Gasteiger partial charge >= 0.3 is 6.09 Å². The van der Waals surface area contributed by atoms with Crippen LogP contribution < -0.4 is 5.32 Å². The number of likely N-dealkylation sites (tertiary alicyclic amines) is 1. The van der Waals surface area contributed by atoms with Crippen LogP contribution in [-0.4, -0.2) is 45.9 Å². The van der Waals surface area contributed by atoms with Crippen LogP contribution in [0.25, 0.3) is 10.1 Å². The number of nitrogens with zero attached hydrogens (tertiary/aromatic N) is 3. The summed E-state index contributed by atoms with van der Waals surface area (Å²) in [4.78, 5) is 14.1. The van der Waals surface area contributed by atoms with Gasteiger partial charge < -0.3 is 15.0 Å². The number of nitrogens with one attached hydrogen (secondary N) is 1. The summed E-state index contributed by atoms with van der Waals surface area (Å²) in [5.74, 6) is 1.84. The van der Waals surface area contributed by atoms with Crippen molar-refractivity contribution in [1.82, 2.24) is 15.1 Å². The number of hydrogen-bond donors (Lipinski definition) is 1. The number of fused-ring (bicyclic) bond motifs is 2. The Bertz CT molecular complexity index is 820. The minimum Gasteiger partial charge on any atom is -0.444 e. The van der Waals surface area contributed by atoms with Gasteiger partial charge in [-0.1, -0.05) is 11.6 Å². The first kappa shape index (κ1) is 17.8. The second kappa shape index (κ2) is 6.53. The Morgan fingerprint density at radius 1 is 1.31 bits per heavy atom. The third-order valence-electron chi connectivity index (χ3n) is 5.08. The first-order chi connectivity index (χ1) is 12.3. The SMILES string of the molecule is CC(C)(C)OC(=O)N1CC2CC(Nc3nnc(Cl)c4ccsc34)C[C@@H]2C1. The van der Waals surface area contributed by atoms with Gasteiger partial charge in [0.05, 0.1) is 4.70 Å². The van der Waals surface area contributed by atoms with Crippen LogP contribution in [0.5, 0.6) is 0 Å². The van der Waals surface area contributed by atoms with Crippen LogP contribution in [0, 0.1) is 11.8 Å². The maximum Gasteiger partial charge on any atom is 0.410 e. The van der Waals surface area contributed by atoms with Crippen molar-refractivity contribution in [2.24, 2.45) is 11.8 Å². The van der Waals surface area contributed by atoms with Gasteiger partial charge in [-0.2, -0.15) is 0 Å². The molecule has 1 saturated heterocycles. The maximum absolute atomic E-state index is 12.3. The summed E-state index contributed by atoms with van der Waals surface area (Å²) in [6, 6.07) is 2.33. The molecule has 0 aromatic carbocycles. The van der Waals surface area contributed by atoms with Crippen molar-refractivity contribution >= 4 is 44.9 Å². The highest BCUT2D eigenvalue weighted by atomic mass is 35.5. The van der Waals surface area contributed by atoms with Crippen LogP contribution in [-0.2, 0) is 4.74 Å². The van der Waals surface area contributed by atoms with E-state index < -0.39 is 5.60 Å². The molecule has 2 unspecified atom stereocenters. The van der Waals surface area contributed by atoms with Gasteiger partial charge in [-0.3, -0.25) is 0 Å². The fourth-order valence-electron chi connectivity index (χ4n) is 4.03. The minimum atomic E-state index is -0.446. The van der Waals surface area contributed by atoms with Gasteiger partial charge in [-0.15, -0.1) is 21.5 Å². The number of hydrogen-bond acceptors (Lipinski definition) is 6. The van der Waals surface area contributed by atoms with Gasteiger partial charge in [0.2, 0.25) is 0 Å². The standard InChI is InChI=1S/C18H23ClN4O2S/c1-18(2,3)25-17(24)23-8-10-6-12(7-11(10)9-23)20-16-14-13(4-5-26-14)15(19)21-22-16/h4-5,10-12H,6-9H2,1-3H3,(H,20,22)/t10-,11?,12?/m1/s1. The zero-order valence-electron chi connectivity index (χ0n) is 15.2. The molecule has 8 heteroatoms. The lowest BCUT2D eigenvalue weighted by atomic mass is 10.0. The van der Waals surface area contributed by atoms with E-state index in [-0.39, 0.29) is 6.09 Å². The molecule has 2 aliphatic rings. The summed E-state index contributed by atoms with van der Waals surface area (Å²) in [7, 11) is 0. The smallest absolute Gasteiger partial charge is 0.410 e. The summed E-state index contributed by atoms with van der Waals surface area (Å²) >= 11 is 7.74. The van der Waals surface area contributed by atoms with Crippen LogP contribution in [0.2, 0.25) is 5.15 Å². The van der Waals surface area contributed by atoms with Crippen LogP contribution >= 0.6 is 22.9 Å². The average molecular weight is 395 g/mol. The topological polar surface area (TPSA) is 67.3 Å². The third-order valence-corrected chi connectivity index (χ3v) is 6.28. The molecule has 3 atom stereocenters. The van der Waals surface area contributed by atoms with E-state index in [2.05, 4.69) is 15.5 Å². The predicted molar refractivity (Wildman–Crippen MR) is 104 cm³/mol. The normalized spacial score (nSPS) is 25.5. The monoisotopic (exact) mass is 394 g/mol. The molecular formula is C18H23ClN4O2S. The zero-order chi connectivity index (χ0) is 18.5. The number of rotatable bonds is 2. The lowest BCUT2D eigenvalue weighted by molar-refractivity contribution is 0.0280. The molecule has 0 bridgehead atoms. The number of thiophene rings is 1. The number of halogens is 1. The molecule has 2 aromatic rings. The molecule has 0 spiro atoms. The first-order valence-electron chi connectivity index (χ1n) is 8.94. The molecule has 1 amide bonds. The average Bonchev–Trinajstić information content (AvgIpc) is 3.22. The second-order valence-electron chi connectivity index (χ2n) is 8.22. The van der Waals surface area contributed by atoms with Crippen molar-refractivity contribution < 1.29 is 9.53 Å². The molecule has 1 aliphatic heterocycles. The summed E-state index contributed by atoms with van der Waals surface area (Å²) in [6.45, 7) is 7.26. The van der Waals surface area contributed by atoms with Gasteiger partial charge in [-0.05, 0) is 56.9 Å². The van der Waals surface area contributed by atoms with Crippen LogP contribution in [0.3, 0.4) is 0 Å². The molecule has 2 fully saturated rings. The number of aromatic nitrogens is 2. The van der Waals surface area contributed by atoms with Crippen molar-refractivity contribution in [2.45, 2.75) is 45.3 Å². The minimum absolute atomic E-state index is 0.194. The van der Waals surface area contributed by atoms with E-state index in [9.17, 15) is 4.79 Å². The Hall–Kier alpha value is -1.60.